The van der Waals surface area contributed by atoms with E-state index in [1.54, 1.807) is 0 Å². The summed E-state index contributed by atoms with van der Waals surface area (Å²) in [6.45, 7) is 3.77. The fraction of sp³-hybridized carbons (Fsp3) is 0.625. The summed E-state index contributed by atoms with van der Waals surface area (Å²) >= 11 is 0. The molecule has 1 aromatic carbocycles. The lowest BCUT2D eigenvalue weighted by atomic mass is 9.83. The molecule has 2 rings (SSSR count). The second-order valence-electron chi connectivity index (χ2n) is 5.85. The molecule has 2 nitrogen and oxygen atoms in total. The van der Waals surface area contributed by atoms with E-state index in [2.05, 4.69) is 12.2 Å². The maximum atomic E-state index is 13.3. The highest BCUT2D eigenvalue weighted by Gasteiger charge is 2.18. The van der Waals surface area contributed by atoms with Crippen molar-refractivity contribution >= 4 is 0 Å². The highest BCUT2D eigenvalue weighted by molar-refractivity contribution is 5.27. The van der Waals surface area contributed by atoms with Crippen LogP contribution in [-0.4, -0.2) is 19.7 Å². The van der Waals surface area contributed by atoms with Crippen molar-refractivity contribution in [2.24, 2.45) is 11.8 Å². The molecule has 0 spiro atoms. The summed E-state index contributed by atoms with van der Waals surface area (Å²) in [5.74, 6) is -2.39. The molecule has 0 bridgehead atoms. The third-order valence-electron chi connectivity index (χ3n) is 4.10. The van der Waals surface area contributed by atoms with Gasteiger partial charge in [0.2, 0.25) is 5.82 Å². The average molecular weight is 301 g/mol. The Balaban J connectivity index is 1.67. The predicted molar refractivity (Wildman–Crippen MR) is 75.8 cm³/mol. The second kappa shape index (κ2) is 7.69. The Labute approximate surface area is 123 Å². The lowest BCUT2D eigenvalue weighted by Gasteiger charge is -2.26. The van der Waals surface area contributed by atoms with E-state index >= 15 is 0 Å². The standard InChI is InChI=1S/C16H22F3NO/c1-11-2-4-12(5-3-11)10-20-8-9-21-16-14(18)7-6-13(17)15(16)19/h6-7,11-12,20H,2-5,8-10H2,1H3. The number of hydrogen-bond acceptors (Lipinski definition) is 2. The molecule has 0 aromatic heterocycles. The zero-order chi connectivity index (χ0) is 15.2. The minimum atomic E-state index is -1.27. The highest BCUT2D eigenvalue weighted by Crippen LogP contribution is 2.27. The molecule has 1 aliphatic carbocycles. The van der Waals surface area contributed by atoms with Gasteiger partial charge < -0.3 is 10.1 Å². The molecule has 1 fully saturated rings. The maximum absolute atomic E-state index is 13.3. The van der Waals surface area contributed by atoms with Crippen LogP contribution in [0.2, 0.25) is 0 Å². The molecular weight excluding hydrogens is 279 g/mol. The van der Waals surface area contributed by atoms with Crippen molar-refractivity contribution in [3.05, 3.63) is 29.6 Å². The van der Waals surface area contributed by atoms with Gasteiger partial charge in [0.1, 0.15) is 6.61 Å². The van der Waals surface area contributed by atoms with Gasteiger partial charge in [-0.2, -0.15) is 4.39 Å². The van der Waals surface area contributed by atoms with Crippen LogP contribution in [0.1, 0.15) is 32.6 Å². The van der Waals surface area contributed by atoms with Gasteiger partial charge in [0.25, 0.3) is 0 Å². The van der Waals surface area contributed by atoms with E-state index in [0.717, 1.165) is 24.6 Å². The lowest BCUT2D eigenvalue weighted by Crippen LogP contribution is -2.29. The Hall–Kier alpha value is -1.23. The van der Waals surface area contributed by atoms with Crippen molar-refractivity contribution in [3.63, 3.8) is 0 Å². The molecule has 1 aliphatic rings. The first-order valence-electron chi connectivity index (χ1n) is 7.55. The topological polar surface area (TPSA) is 21.3 Å². The summed E-state index contributed by atoms with van der Waals surface area (Å²) < 4.78 is 44.6. The molecule has 0 amide bonds. The Morgan fingerprint density at radius 3 is 2.48 bits per heavy atom. The van der Waals surface area contributed by atoms with Crippen molar-refractivity contribution in [3.8, 4) is 5.75 Å². The van der Waals surface area contributed by atoms with E-state index in [-0.39, 0.29) is 6.61 Å². The van der Waals surface area contributed by atoms with Gasteiger partial charge >= 0.3 is 0 Å². The van der Waals surface area contributed by atoms with Crippen molar-refractivity contribution in [1.29, 1.82) is 0 Å². The molecule has 0 unspecified atom stereocenters. The van der Waals surface area contributed by atoms with Gasteiger partial charge in [0, 0.05) is 6.54 Å². The molecule has 0 aliphatic heterocycles. The smallest absolute Gasteiger partial charge is 0.203 e. The molecule has 0 heterocycles. The van der Waals surface area contributed by atoms with Gasteiger partial charge in [0.05, 0.1) is 0 Å². The highest BCUT2D eigenvalue weighted by atomic mass is 19.2. The molecule has 0 atom stereocenters. The van der Waals surface area contributed by atoms with E-state index in [1.807, 2.05) is 0 Å². The van der Waals surface area contributed by atoms with Crippen molar-refractivity contribution in [1.82, 2.24) is 5.32 Å². The number of rotatable bonds is 6. The molecule has 0 radical (unpaired) electrons. The summed E-state index contributed by atoms with van der Waals surface area (Å²) in [4.78, 5) is 0. The molecule has 1 saturated carbocycles. The largest absolute Gasteiger partial charge is 0.486 e. The van der Waals surface area contributed by atoms with E-state index in [0.29, 0.717) is 12.5 Å². The van der Waals surface area contributed by atoms with Gasteiger partial charge in [0.15, 0.2) is 17.4 Å². The number of halogens is 3. The van der Waals surface area contributed by atoms with Crippen LogP contribution in [0.25, 0.3) is 0 Å². The van der Waals surface area contributed by atoms with Gasteiger partial charge in [-0.3, -0.25) is 0 Å². The Kier molecular flexibility index (Phi) is 5.91. The van der Waals surface area contributed by atoms with Crippen LogP contribution >= 0.6 is 0 Å². The Morgan fingerprint density at radius 1 is 1.10 bits per heavy atom. The molecule has 118 valence electrons. The van der Waals surface area contributed by atoms with E-state index < -0.39 is 23.2 Å². The van der Waals surface area contributed by atoms with Crippen LogP contribution in [0.3, 0.4) is 0 Å². The number of nitrogens with one attached hydrogen (secondary N) is 1. The van der Waals surface area contributed by atoms with Gasteiger partial charge in [-0.1, -0.05) is 19.8 Å². The molecule has 1 aromatic rings. The second-order valence-corrected chi connectivity index (χ2v) is 5.85. The lowest BCUT2D eigenvalue weighted by molar-refractivity contribution is 0.256. The Bertz CT molecular complexity index is 459. The van der Waals surface area contributed by atoms with E-state index in [9.17, 15) is 13.2 Å². The summed E-state index contributed by atoms with van der Waals surface area (Å²) in [7, 11) is 0. The minimum absolute atomic E-state index is 0.112. The zero-order valence-corrected chi connectivity index (χ0v) is 12.3. The van der Waals surface area contributed by atoms with Crippen LogP contribution in [0.4, 0.5) is 13.2 Å². The van der Waals surface area contributed by atoms with E-state index in [1.165, 1.54) is 25.7 Å². The van der Waals surface area contributed by atoms with Gasteiger partial charge in [-0.15, -0.1) is 0 Å². The van der Waals surface area contributed by atoms with Crippen molar-refractivity contribution < 1.29 is 17.9 Å². The quantitative estimate of drug-likeness (QED) is 0.635. The van der Waals surface area contributed by atoms with Crippen LogP contribution in [0, 0.1) is 29.3 Å². The first-order chi connectivity index (χ1) is 10.1. The number of benzene rings is 1. The third kappa shape index (κ3) is 4.63. The van der Waals surface area contributed by atoms with Crippen LogP contribution in [0.5, 0.6) is 5.75 Å². The SMILES string of the molecule is CC1CCC(CNCCOc2c(F)ccc(F)c2F)CC1. The normalized spacial score (nSPS) is 22.3. The average Bonchev–Trinajstić information content (AvgIpc) is 2.48. The summed E-state index contributed by atoms with van der Waals surface area (Å²) in [5.41, 5.74) is 0. The number of ether oxygens (including phenoxy) is 1. The Morgan fingerprint density at radius 2 is 1.76 bits per heavy atom. The maximum Gasteiger partial charge on any atom is 0.203 e. The zero-order valence-electron chi connectivity index (χ0n) is 12.3. The molecular formula is C16H22F3NO. The van der Waals surface area contributed by atoms with Gasteiger partial charge in [-0.25, -0.2) is 8.78 Å². The predicted octanol–water partition coefficient (Wildman–Crippen LogP) is 3.90. The van der Waals surface area contributed by atoms with Crippen LogP contribution in [0.15, 0.2) is 12.1 Å². The summed E-state index contributed by atoms with van der Waals surface area (Å²) in [6, 6.07) is 1.62. The first-order valence-corrected chi connectivity index (χ1v) is 7.55. The van der Waals surface area contributed by atoms with Crippen molar-refractivity contribution in [2.45, 2.75) is 32.6 Å². The molecule has 5 heteroatoms. The molecule has 0 saturated heterocycles. The van der Waals surface area contributed by atoms with Crippen molar-refractivity contribution in [2.75, 3.05) is 19.7 Å². The summed E-state index contributed by atoms with van der Waals surface area (Å²) in [5, 5.41) is 3.23. The van der Waals surface area contributed by atoms with E-state index in [4.69, 9.17) is 4.74 Å². The monoisotopic (exact) mass is 301 g/mol. The third-order valence-corrected chi connectivity index (χ3v) is 4.10. The fourth-order valence-electron chi connectivity index (χ4n) is 2.71. The number of hydrogen-bond donors (Lipinski definition) is 1. The first kappa shape index (κ1) is 16.1. The molecule has 1 N–H and O–H groups in total. The van der Waals surface area contributed by atoms with Crippen LogP contribution < -0.4 is 10.1 Å². The summed E-state index contributed by atoms with van der Waals surface area (Å²) in [6.07, 6.45) is 4.98. The fourth-order valence-corrected chi connectivity index (χ4v) is 2.71. The minimum Gasteiger partial charge on any atom is -0.486 e. The molecule has 21 heavy (non-hydrogen) atoms. The van der Waals surface area contributed by atoms with Crippen LogP contribution in [-0.2, 0) is 0 Å². The van der Waals surface area contributed by atoms with Gasteiger partial charge in [-0.05, 0) is 43.4 Å².